The Morgan fingerprint density at radius 2 is 2.14 bits per heavy atom. The van der Waals surface area contributed by atoms with Crippen LogP contribution in [0.3, 0.4) is 0 Å². The van der Waals surface area contributed by atoms with E-state index in [2.05, 4.69) is 4.72 Å². The van der Waals surface area contributed by atoms with Gasteiger partial charge < -0.3 is 5.73 Å². The summed E-state index contributed by atoms with van der Waals surface area (Å²) in [4.78, 5) is 0.598. The molecule has 0 aliphatic rings. The summed E-state index contributed by atoms with van der Waals surface area (Å²) in [6.07, 6.45) is 1.83. The van der Waals surface area contributed by atoms with Crippen LogP contribution in [0.1, 0.15) is 4.88 Å². The van der Waals surface area contributed by atoms with Gasteiger partial charge in [-0.05, 0) is 30.5 Å². The van der Waals surface area contributed by atoms with Gasteiger partial charge in [-0.15, -0.1) is 23.1 Å². The van der Waals surface area contributed by atoms with Crippen molar-refractivity contribution in [2.24, 2.45) is 5.73 Å². The number of hydrogen-bond donors (Lipinski definition) is 3. The fourth-order valence-corrected chi connectivity index (χ4v) is 4.70. The fourth-order valence-electron chi connectivity index (χ4n) is 1.57. The van der Waals surface area contributed by atoms with Gasteiger partial charge >= 0.3 is 0 Å². The van der Waals surface area contributed by atoms with Gasteiger partial charge in [-0.25, -0.2) is 8.42 Å². The smallest absolute Gasteiger partial charge is 0.262 e. The van der Waals surface area contributed by atoms with Gasteiger partial charge in [-0.3, -0.25) is 10.1 Å². The molecule has 1 aromatic carbocycles. The zero-order chi connectivity index (χ0) is 15.6. The van der Waals surface area contributed by atoms with E-state index in [9.17, 15) is 8.42 Å². The normalized spacial score (nSPS) is 11.3. The van der Waals surface area contributed by atoms with Gasteiger partial charge in [0.05, 0.1) is 19.7 Å². The molecule has 0 fully saturated rings. The molecule has 0 atom stereocenters. The molecule has 0 saturated carbocycles. The minimum Gasteiger partial charge on any atom is -0.383 e. The Hall–Kier alpha value is -1.22. The molecule has 0 aliphatic carbocycles. The summed E-state index contributed by atoms with van der Waals surface area (Å²) in [5, 5.41) is 7.77. The van der Waals surface area contributed by atoms with E-state index >= 15 is 0 Å². The molecule has 2 rings (SSSR count). The molecule has 4 N–H and O–H groups in total. The predicted octanol–water partition coefficient (Wildman–Crippen LogP) is 3.21. The Bertz CT molecular complexity index is 787. The molecule has 0 saturated heterocycles. The Labute approximate surface area is 136 Å². The molecule has 0 radical (unpaired) electrons. The van der Waals surface area contributed by atoms with E-state index in [0.29, 0.717) is 15.6 Å². The van der Waals surface area contributed by atoms with Crippen LogP contribution in [0.25, 0.3) is 0 Å². The number of sulfonamides is 1. The lowest BCUT2D eigenvalue weighted by molar-refractivity contribution is 0.601. The summed E-state index contributed by atoms with van der Waals surface area (Å²) in [5.74, 6) is -0.0940. The number of thiophene rings is 1. The van der Waals surface area contributed by atoms with E-state index in [-0.39, 0.29) is 10.7 Å². The second-order valence-electron chi connectivity index (χ2n) is 3.99. The Kier molecular flexibility index (Phi) is 4.82. The van der Waals surface area contributed by atoms with Crippen LogP contribution >= 0.6 is 34.7 Å². The van der Waals surface area contributed by atoms with E-state index in [1.807, 2.05) is 6.26 Å². The van der Waals surface area contributed by atoms with Gasteiger partial charge in [0.25, 0.3) is 10.0 Å². The van der Waals surface area contributed by atoms with Gasteiger partial charge in [0.2, 0.25) is 0 Å². The van der Waals surface area contributed by atoms with Crippen molar-refractivity contribution in [1.82, 2.24) is 0 Å². The van der Waals surface area contributed by atoms with E-state index in [1.165, 1.54) is 35.2 Å². The first-order valence-corrected chi connectivity index (χ1v) is 9.54. The van der Waals surface area contributed by atoms with Crippen LogP contribution in [-0.4, -0.2) is 20.5 Å². The molecular formula is C12H12ClN3O2S3. The molecular weight excluding hydrogens is 350 g/mol. The second-order valence-corrected chi connectivity index (χ2v) is 8.24. The van der Waals surface area contributed by atoms with Crippen molar-refractivity contribution < 1.29 is 8.42 Å². The average Bonchev–Trinajstić information content (AvgIpc) is 2.81. The Morgan fingerprint density at radius 1 is 1.43 bits per heavy atom. The summed E-state index contributed by atoms with van der Waals surface area (Å²) < 4.78 is 27.9. The number of nitrogen functional groups attached to an aromatic ring is 1. The molecule has 0 amide bonds. The van der Waals surface area contributed by atoms with Gasteiger partial charge in [0.15, 0.2) is 0 Å². The van der Waals surface area contributed by atoms with Gasteiger partial charge in [0, 0.05) is 5.02 Å². The van der Waals surface area contributed by atoms with Crippen molar-refractivity contribution in [3.05, 3.63) is 40.2 Å². The average molecular weight is 362 g/mol. The lowest BCUT2D eigenvalue weighted by Crippen LogP contribution is -2.13. The molecule has 112 valence electrons. The topological polar surface area (TPSA) is 96.0 Å². The van der Waals surface area contributed by atoms with E-state index in [0.717, 1.165) is 4.21 Å². The van der Waals surface area contributed by atoms with Crippen molar-refractivity contribution in [2.45, 2.75) is 9.10 Å². The SMILES string of the molecule is CSc1sc(C(=N)N)cc1NS(=O)(=O)c1cccc(Cl)c1. The largest absolute Gasteiger partial charge is 0.383 e. The highest BCUT2D eigenvalue weighted by atomic mass is 35.5. The molecule has 5 nitrogen and oxygen atoms in total. The number of hydrogen-bond acceptors (Lipinski definition) is 5. The fraction of sp³-hybridized carbons (Fsp3) is 0.0833. The molecule has 1 heterocycles. The third-order valence-electron chi connectivity index (χ3n) is 2.50. The quantitative estimate of drug-likeness (QED) is 0.433. The van der Waals surface area contributed by atoms with Crippen LogP contribution in [0.5, 0.6) is 0 Å². The molecule has 9 heteroatoms. The van der Waals surface area contributed by atoms with Crippen LogP contribution in [0.4, 0.5) is 5.69 Å². The molecule has 0 spiro atoms. The summed E-state index contributed by atoms with van der Waals surface area (Å²) >= 11 is 8.47. The first-order valence-electron chi connectivity index (χ1n) is 5.64. The third kappa shape index (κ3) is 3.70. The van der Waals surface area contributed by atoms with Crippen molar-refractivity contribution in [2.75, 3.05) is 11.0 Å². The number of nitrogens with one attached hydrogen (secondary N) is 2. The first kappa shape index (κ1) is 16.2. The van der Waals surface area contributed by atoms with Crippen molar-refractivity contribution in [3.63, 3.8) is 0 Å². The van der Waals surface area contributed by atoms with Crippen molar-refractivity contribution in [3.8, 4) is 0 Å². The standard InChI is InChI=1S/C12H12ClN3O2S3/c1-19-12-9(6-10(20-12)11(14)15)16-21(17,18)8-4-2-3-7(13)5-8/h2-6,16H,1H3,(H3,14,15). The highest BCUT2D eigenvalue weighted by Crippen LogP contribution is 2.36. The maximum absolute atomic E-state index is 12.3. The monoisotopic (exact) mass is 361 g/mol. The zero-order valence-corrected chi connectivity index (χ0v) is 14.1. The lowest BCUT2D eigenvalue weighted by atomic mass is 10.4. The van der Waals surface area contributed by atoms with E-state index in [4.69, 9.17) is 22.7 Å². The molecule has 0 aliphatic heterocycles. The first-order chi connectivity index (χ1) is 9.83. The summed E-state index contributed by atoms with van der Waals surface area (Å²) in [5.41, 5.74) is 5.85. The lowest BCUT2D eigenvalue weighted by Gasteiger charge is -2.08. The molecule has 0 unspecified atom stereocenters. The van der Waals surface area contributed by atoms with Crippen LogP contribution in [0, 0.1) is 5.41 Å². The number of rotatable bonds is 5. The molecule has 21 heavy (non-hydrogen) atoms. The molecule has 1 aromatic heterocycles. The van der Waals surface area contributed by atoms with E-state index < -0.39 is 10.0 Å². The van der Waals surface area contributed by atoms with Gasteiger partial charge in [0.1, 0.15) is 5.84 Å². The minimum atomic E-state index is -3.73. The number of benzene rings is 1. The van der Waals surface area contributed by atoms with Crippen LogP contribution in [0.15, 0.2) is 39.4 Å². The summed E-state index contributed by atoms with van der Waals surface area (Å²) in [7, 11) is -3.73. The summed E-state index contributed by atoms with van der Waals surface area (Å²) in [6, 6.07) is 7.57. The Balaban J connectivity index is 2.39. The molecule has 2 aromatic rings. The van der Waals surface area contributed by atoms with Gasteiger partial charge in [-0.2, -0.15) is 0 Å². The number of thioether (sulfide) groups is 1. The number of anilines is 1. The second kappa shape index (κ2) is 6.27. The highest BCUT2D eigenvalue weighted by molar-refractivity contribution is 8.00. The van der Waals surface area contributed by atoms with Crippen molar-refractivity contribution >= 4 is 56.2 Å². The van der Waals surface area contributed by atoms with Crippen LogP contribution in [-0.2, 0) is 10.0 Å². The molecule has 0 bridgehead atoms. The predicted molar refractivity (Wildman–Crippen MR) is 89.4 cm³/mol. The van der Waals surface area contributed by atoms with Crippen molar-refractivity contribution in [1.29, 1.82) is 5.41 Å². The number of halogens is 1. The van der Waals surface area contributed by atoms with Crippen LogP contribution in [0.2, 0.25) is 5.02 Å². The maximum Gasteiger partial charge on any atom is 0.262 e. The van der Waals surface area contributed by atoms with Gasteiger partial charge in [-0.1, -0.05) is 17.7 Å². The minimum absolute atomic E-state index is 0.0811. The zero-order valence-electron chi connectivity index (χ0n) is 10.9. The maximum atomic E-state index is 12.3. The third-order valence-corrected chi connectivity index (χ3v) is 6.40. The van der Waals surface area contributed by atoms with Crippen LogP contribution < -0.4 is 10.5 Å². The van der Waals surface area contributed by atoms with E-state index in [1.54, 1.807) is 18.2 Å². The highest BCUT2D eigenvalue weighted by Gasteiger charge is 2.19. The Morgan fingerprint density at radius 3 is 2.71 bits per heavy atom. The number of amidine groups is 1. The number of nitrogens with two attached hydrogens (primary N) is 1. The summed E-state index contributed by atoms with van der Waals surface area (Å²) in [6.45, 7) is 0.